The quantitative estimate of drug-likeness (QED) is 0.447. The number of nitrogens with zero attached hydrogens (tertiary/aromatic N) is 1. The van der Waals surface area contributed by atoms with Crippen LogP contribution in [0, 0.1) is 11.2 Å². The lowest BCUT2D eigenvalue weighted by Crippen LogP contribution is -2.38. The van der Waals surface area contributed by atoms with Crippen molar-refractivity contribution in [3.8, 4) is 0 Å². The van der Waals surface area contributed by atoms with E-state index in [0.717, 1.165) is 54.7 Å². The molecule has 5 nitrogen and oxygen atoms in total. The van der Waals surface area contributed by atoms with Crippen molar-refractivity contribution in [2.75, 3.05) is 25.5 Å². The summed E-state index contributed by atoms with van der Waals surface area (Å²) >= 11 is 0. The number of benzene rings is 1. The van der Waals surface area contributed by atoms with E-state index in [1.807, 2.05) is 6.07 Å². The smallest absolute Gasteiger partial charge is 0.128 e. The Morgan fingerprint density at radius 2 is 2.07 bits per heavy atom. The van der Waals surface area contributed by atoms with Gasteiger partial charge in [-0.15, -0.1) is 0 Å². The fourth-order valence-corrected chi connectivity index (χ4v) is 4.31. The Bertz CT molecular complexity index is 790. The molecule has 152 valence electrons. The first-order valence-electron chi connectivity index (χ1n) is 10.1. The number of rotatable bonds is 6. The molecule has 1 saturated heterocycles. The summed E-state index contributed by atoms with van der Waals surface area (Å²) in [5.41, 5.74) is 10.0. The van der Waals surface area contributed by atoms with Crippen LogP contribution in [0.2, 0.25) is 0 Å². The Morgan fingerprint density at radius 1 is 1.39 bits per heavy atom. The van der Waals surface area contributed by atoms with Crippen LogP contribution < -0.4 is 16.4 Å². The minimum absolute atomic E-state index is 0.0871. The molecule has 2 aliphatic heterocycles. The highest BCUT2D eigenvalue weighted by molar-refractivity contribution is 5.84. The zero-order valence-corrected chi connectivity index (χ0v) is 17.1. The number of hydrogen-bond donors (Lipinski definition) is 4. The third-order valence-corrected chi connectivity index (χ3v) is 6.15. The van der Waals surface area contributed by atoms with E-state index in [9.17, 15) is 4.39 Å². The van der Waals surface area contributed by atoms with Crippen LogP contribution >= 0.6 is 0 Å². The fraction of sp³-hybridized carbons (Fsp3) is 0.500. The summed E-state index contributed by atoms with van der Waals surface area (Å²) in [5.74, 6) is 0.569. The maximum Gasteiger partial charge on any atom is 0.128 e. The summed E-state index contributed by atoms with van der Waals surface area (Å²) in [6.07, 6.45) is 3.93. The highest BCUT2D eigenvalue weighted by Gasteiger charge is 2.29. The molecule has 1 fully saturated rings. The van der Waals surface area contributed by atoms with Crippen molar-refractivity contribution in [2.45, 2.75) is 51.1 Å². The Labute approximate surface area is 167 Å². The molecule has 2 aliphatic rings. The molecule has 5 N–H and O–H groups in total. The van der Waals surface area contributed by atoms with Gasteiger partial charge in [0.15, 0.2) is 0 Å². The molecule has 0 bridgehead atoms. The molecular formula is C22H32FN5. The lowest BCUT2D eigenvalue weighted by Gasteiger charge is -2.35. The molecule has 1 unspecified atom stereocenters. The van der Waals surface area contributed by atoms with E-state index >= 15 is 0 Å². The van der Waals surface area contributed by atoms with Crippen molar-refractivity contribution in [1.82, 2.24) is 10.2 Å². The summed E-state index contributed by atoms with van der Waals surface area (Å²) in [6.45, 7) is 10.6. The van der Waals surface area contributed by atoms with Crippen LogP contribution in [0.5, 0.6) is 0 Å². The standard InChI is InChI=1S/C22H32FN5/c1-13(2)28-7-5-15(6-8-28)17-9-16-10-20(27-21(16)11-19(17)23)14(3)18(12-24)22(25)26-4/h9,11-13,15,20,24,26-27H,3,5-8,10,25H2,1-2,4H3/b22-18+,24-12?. The predicted octanol–water partition coefficient (Wildman–Crippen LogP) is 3.35. The summed E-state index contributed by atoms with van der Waals surface area (Å²) in [6, 6.07) is 4.12. The van der Waals surface area contributed by atoms with E-state index in [0.29, 0.717) is 17.4 Å². The van der Waals surface area contributed by atoms with Crippen molar-refractivity contribution in [2.24, 2.45) is 5.73 Å². The van der Waals surface area contributed by atoms with Crippen LogP contribution in [0.4, 0.5) is 10.1 Å². The summed E-state index contributed by atoms with van der Waals surface area (Å²) in [5, 5.41) is 13.9. The van der Waals surface area contributed by atoms with E-state index in [1.165, 1.54) is 6.21 Å². The molecule has 0 radical (unpaired) electrons. The Balaban J connectivity index is 1.77. The maximum atomic E-state index is 14.9. The van der Waals surface area contributed by atoms with E-state index in [2.05, 4.69) is 36.0 Å². The molecule has 0 amide bonds. The molecule has 2 heterocycles. The normalized spacial score (nSPS) is 21.1. The van der Waals surface area contributed by atoms with Gasteiger partial charge >= 0.3 is 0 Å². The van der Waals surface area contributed by atoms with Gasteiger partial charge in [0.25, 0.3) is 0 Å². The summed E-state index contributed by atoms with van der Waals surface area (Å²) < 4.78 is 14.9. The molecule has 3 rings (SSSR count). The number of halogens is 1. The van der Waals surface area contributed by atoms with E-state index < -0.39 is 0 Å². The number of nitrogens with one attached hydrogen (secondary N) is 3. The molecule has 1 aromatic carbocycles. The van der Waals surface area contributed by atoms with Gasteiger partial charge in [-0.2, -0.15) is 0 Å². The third-order valence-electron chi connectivity index (χ3n) is 6.15. The average Bonchev–Trinajstić information content (AvgIpc) is 3.10. The fourth-order valence-electron chi connectivity index (χ4n) is 4.31. The largest absolute Gasteiger partial charge is 0.385 e. The Hall–Kier alpha value is -2.34. The van der Waals surface area contributed by atoms with Gasteiger partial charge in [0.05, 0.1) is 6.04 Å². The number of anilines is 1. The second-order valence-electron chi connectivity index (χ2n) is 8.08. The Morgan fingerprint density at radius 3 is 2.64 bits per heavy atom. The van der Waals surface area contributed by atoms with Crippen molar-refractivity contribution >= 4 is 11.9 Å². The Kier molecular flexibility index (Phi) is 6.08. The highest BCUT2D eigenvalue weighted by atomic mass is 19.1. The van der Waals surface area contributed by atoms with Gasteiger partial charge < -0.3 is 26.7 Å². The summed E-state index contributed by atoms with van der Waals surface area (Å²) in [4.78, 5) is 2.46. The predicted molar refractivity (Wildman–Crippen MR) is 114 cm³/mol. The summed E-state index contributed by atoms with van der Waals surface area (Å²) in [7, 11) is 1.72. The van der Waals surface area contributed by atoms with Gasteiger partial charge in [-0.05, 0) is 74.9 Å². The molecule has 1 aromatic rings. The second-order valence-corrected chi connectivity index (χ2v) is 8.08. The first kappa shape index (κ1) is 20.4. The highest BCUT2D eigenvalue weighted by Crippen LogP contribution is 2.37. The number of likely N-dealkylation sites (tertiary alicyclic amines) is 1. The van der Waals surface area contributed by atoms with Crippen molar-refractivity contribution < 1.29 is 4.39 Å². The maximum absolute atomic E-state index is 14.9. The van der Waals surface area contributed by atoms with E-state index in [-0.39, 0.29) is 17.8 Å². The minimum Gasteiger partial charge on any atom is -0.385 e. The van der Waals surface area contributed by atoms with Gasteiger partial charge in [-0.25, -0.2) is 4.39 Å². The molecule has 6 heteroatoms. The molecule has 0 aliphatic carbocycles. The topological polar surface area (TPSA) is 77.2 Å². The lowest BCUT2D eigenvalue weighted by atomic mass is 9.87. The van der Waals surface area contributed by atoms with Crippen molar-refractivity contribution in [1.29, 1.82) is 5.41 Å². The second kappa shape index (κ2) is 8.35. The van der Waals surface area contributed by atoms with E-state index in [4.69, 9.17) is 11.1 Å². The number of nitrogens with two attached hydrogens (primary N) is 1. The van der Waals surface area contributed by atoms with Gasteiger partial charge in [-0.1, -0.05) is 12.6 Å². The average molecular weight is 386 g/mol. The lowest BCUT2D eigenvalue weighted by molar-refractivity contribution is 0.171. The number of fused-ring (bicyclic) bond motifs is 1. The minimum atomic E-state index is -0.127. The van der Waals surface area contributed by atoms with E-state index in [1.54, 1.807) is 13.1 Å². The van der Waals surface area contributed by atoms with Crippen LogP contribution in [0.15, 0.2) is 35.7 Å². The van der Waals surface area contributed by atoms with Crippen molar-refractivity contribution in [3.05, 3.63) is 52.6 Å². The molecule has 1 atom stereocenters. The molecular weight excluding hydrogens is 353 g/mol. The zero-order valence-electron chi connectivity index (χ0n) is 17.1. The molecule has 28 heavy (non-hydrogen) atoms. The molecule has 0 saturated carbocycles. The third kappa shape index (κ3) is 3.92. The first-order chi connectivity index (χ1) is 13.3. The van der Waals surface area contributed by atoms with Gasteiger partial charge in [-0.3, -0.25) is 0 Å². The molecule has 0 spiro atoms. The van der Waals surface area contributed by atoms with Crippen molar-refractivity contribution in [3.63, 3.8) is 0 Å². The van der Waals surface area contributed by atoms with Crippen LogP contribution in [-0.4, -0.2) is 43.3 Å². The first-order valence-corrected chi connectivity index (χ1v) is 10.1. The number of piperidine rings is 1. The van der Waals surface area contributed by atoms with Gasteiger partial charge in [0.1, 0.15) is 11.6 Å². The van der Waals surface area contributed by atoms with Gasteiger partial charge in [0.2, 0.25) is 0 Å². The van der Waals surface area contributed by atoms with Crippen LogP contribution in [0.1, 0.15) is 43.7 Å². The van der Waals surface area contributed by atoms with Crippen LogP contribution in [0.3, 0.4) is 0 Å². The number of hydrogen-bond acceptors (Lipinski definition) is 5. The molecule has 0 aromatic heterocycles. The van der Waals surface area contributed by atoms with Crippen LogP contribution in [0.25, 0.3) is 0 Å². The van der Waals surface area contributed by atoms with Gasteiger partial charge in [0, 0.05) is 30.6 Å². The van der Waals surface area contributed by atoms with Crippen LogP contribution in [-0.2, 0) is 6.42 Å². The zero-order chi connectivity index (χ0) is 20.4. The monoisotopic (exact) mass is 385 g/mol. The SMILES string of the molecule is C=C(/C(C=N)=C(\N)NC)C1Cc2cc(C3CCN(C(C)C)CC3)c(F)cc2N1.